The van der Waals surface area contributed by atoms with Gasteiger partial charge in [0.2, 0.25) is 12.6 Å². The van der Waals surface area contributed by atoms with Gasteiger partial charge in [-0.05, 0) is 58.7 Å². The molecular weight excluding hydrogens is 538 g/mol. The van der Waals surface area contributed by atoms with Crippen molar-refractivity contribution in [2.24, 2.45) is 5.41 Å². The van der Waals surface area contributed by atoms with E-state index in [1.54, 1.807) is 43.9 Å². The third-order valence-electron chi connectivity index (χ3n) is 6.84. The molecule has 2 amide bonds. The minimum absolute atomic E-state index is 0.0209. The van der Waals surface area contributed by atoms with Crippen molar-refractivity contribution >= 4 is 52.1 Å². The zero-order chi connectivity index (χ0) is 28.6. The van der Waals surface area contributed by atoms with Gasteiger partial charge in [0.25, 0.3) is 5.91 Å². The monoisotopic (exact) mass is 569 g/mol. The van der Waals surface area contributed by atoms with Crippen LogP contribution in [-0.4, -0.2) is 80.4 Å². The van der Waals surface area contributed by atoms with E-state index in [2.05, 4.69) is 25.5 Å². The normalized spacial score (nSPS) is 17.6. The standard InChI is InChI=1S/C27H32ClN7O5/c1-15-13-34(9-10-35(15)26(38)40-14-39-25(37)27(2,3)4)24(36)23-29-19-8-7-17(28)11-18(19)22(31-23)30-21-12-20(32-33-21)16-5-6-16/h7-8,11-12,15-16H,5-6,9-10,13-14H2,1-4H3,(H2,29,30,31,32,33)/t15-/m1/s1. The number of fused-ring (bicyclic) bond motifs is 1. The number of hydrogen-bond acceptors (Lipinski definition) is 9. The highest BCUT2D eigenvalue weighted by atomic mass is 35.5. The van der Waals surface area contributed by atoms with Gasteiger partial charge in [0, 0.05) is 53.8 Å². The second-order valence-electron chi connectivity index (χ2n) is 11.2. The number of amides is 2. The fraction of sp³-hybridized carbons (Fsp3) is 0.481. The minimum Gasteiger partial charge on any atom is -0.427 e. The number of rotatable bonds is 6. The van der Waals surface area contributed by atoms with Crippen molar-refractivity contribution in [2.45, 2.75) is 52.5 Å². The van der Waals surface area contributed by atoms with Gasteiger partial charge in [0.15, 0.2) is 5.82 Å². The van der Waals surface area contributed by atoms with Crippen molar-refractivity contribution in [2.75, 3.05) is 31.7 Å². The first kappa shape index (κ1) is 27.6. The average molecular weight is 570 g/mol. The molecule has 0 radical (unpaired) electrons. The number of anilines is 2. The molecule has 0 unspecified atom stereocenters. The third kappa shape index (κ3) is 6.11. The van der Waals surface area contributed by atoms with E-state index in [-0.39, 0.29) is 37.4 Å². The van der Waals surface area contributed by atoms with Crippen LogP contribution >= 0.6 is 11.6 Å². The van der Waals surface area contributed by atoms with Gasteiger partial charge in [-0.2, -0.15) is 5.10 Å². The lowest BCUT2D eigenvalue weighted by atomic mass is 9.98. The number of aromatic nitrogens is 4. The number of carbonyl (C=O) groups is 3. The van der Waals surface area contributed by atoms with Gasteiger partial charge in [-0.25, -0.2) is 14.8 Å². The molecule has 1 aliphatic heterocycles. The first-order valence-corrected chi connectivity index (χ1v) is 13.6. The molecule has 1 aliphatic carbocycles. The first-order chi connectivity index (χ1) is 19.0. The van der Waals surface area contributed by atoms with Crippen molar-refractivity contribution in [3.63, 3.8) is 0 Å². The molecule has 12 nitrogen and oxygen atoms in total. The largest absolute Gasteiger partial charge is 0.427 e. The topological polar surface area (TPSA) is 143 Å². The summed E-state index contributed by atoms with van der Waals surface area (Å²) in [5.41, 5.74) is 0.923. The number of benzene rings is 1. The summed E-state index contributed by atoms with van der Waals surface area (Å²) in [5, 5.41) is 11.8. The molecule has 1 saturated heterocycles. The Bertz CT molecular complexity index is 1450. The Labute approximate surface area is 236 Å². The number of piperazine rings is 1. The molecular formula is C27H32ClN7O5. The van der Waals surface area contributed by atoms with Crippen LogP contribution in [0.2, 0.25) is 5.02 Å². The quantitative estimate of drug-likeness (QED) is 0.325. The molecule has 2 fully saturated rings. The number of aromatic amines is 1. The van der Waals surface area contributed by atoms with Crippen LogP contribution < -0.4 is 5.32 Å². The summed E-state index contributed by atoms with van der Waals surface area (Å²) in [6.07, 6.45) is 1.66. The lowest BCUT2D eigenvalue weighted by Gasteiger charge is -2.38. The lowest BCUT2D eigenvalue weighted by Crippen LogP contribution is -2.55. The number of nitrogens with one attached hydrogen (secondary N) is 2. The number of ether oxygens (including phenoxy) is 2. The Hall–Kier alpha value is -3.93. The second kappa shape index (κ2) is 10.9. The number of esters is 1. The van der Waals surface area contributed by atoms with Crippen LogP contribution in [0.1, 0.15) is 62.8 Å². The van der Waals surface area contributed by atoms with Gasteiger partial charge in [-0.3, -0.25) is 14.7 Å². The van der Waals surface area contributed by atoms with Crippen LogP contribution in [0.5, 0.6) is 0 Å². The van der Waals surface area contributed by atoms with E-state index in [1.165, 1.54) is 4.90 Å². The highest BCUT2D eigenvalue weighted by molar-refractivity contribution is 6.31. The summed E-state index contributed by atoms with van der Waals surface area (Å²) in [5.74, 6) is 0.713. The fourth-order valence-corrected chi connectivity index (χ4v) is 4.58. The number of H-pyrrole nitrogens is 1. The lowest BCUT2D eigenvalue weighted by molar-refractivity contribution is -0.162. The SMILES string of the molecule is C[C@@H]1CN(C(=O)c2nc(Nc3cc(C4CC4)[nH]n3)c3cc(Cl)ccc3n2)CCN1C(=O)OCOC(=O)C(C)(C)C. The average Bonchev–Trinajstić information content (AvgIpc) is 3.66. The van der Waals surface area contributed by atoms with Crippen molar-refractivity contribution in [1.82, 2.24) is 30.0 Å². The number of carbonyl (C=O) groups excluding carboxylic acids is 3. The fourth-order valence-electron chi connectivity index (χ4n) is 4.40. The summed E-state index contributed by atoms with van der Waals surface area (Å²) in [6, 6.07) is 6.80. The van der Waals surface area contributed by atoms with E-state index >= 15 is 0 Å². The van der Waals surface area contributed by atoms with E-state index < -0.39 is 24.3 Å². The molecule has 3 aromatic rings. The Morgan fingerprint density at radius 2 is 1.90 bits per heavy atom. The molecule has 3 heterocycles. The predicted octanol–water partition coefficient (Wildman–Crippen LogP) is 4.46. The Morgan fingerprint density at radius 3 is 2.60 bits per heavy atom. The van der Waals surface area contributed by atoms with Crippen LogP contribution in [0.4, 0.5) is 16.4 Å². The summed E-state index contributed by atoms with van der Waals surface area (Å²) < 4.78 is 10.2. The van der Waals surface area contributed by atoms with E-state index in [4.69, 9.17) is 21.1 Å². The minimum atomic E-state index is -0.699. The highest BCUT2D eigenvalue weighted by Crippen LogP contribution is 2.40. The molecule has 1 atom stereocenters. The maximum Gasteiger partial charge on any atom is 0.413 e. The summed E-state index contributed by atoms with van der Waals surface area (Å²) >= 11 is 6.25. The van der Waals surface area contributed by atoms with Crippen molar-refractivity contribution < 1.29 is 23.9 Å². The van der Waals surface area contributed by atoms with Gasteiger partial charge < -0.3 is 24.6 Å². The number of hydrogen-bond donors (Lipinski definition) is 2. The summed E-state index contributed by atoms with van der Waals surface area (Å²) in [6.45, 7) is 7.24. The molecule has 0 spiro atoms. The molecule has 0 bridgehead atoms. The van der Waals surface area contributed by atoms with Crippen molar-refractivity contribution in [1.29, 1.82) is 0 Å². The van der Waals surface area contributed by atoms with Crippen LogP contribution in [-0.2, 0) is 14.3 Å². The van der Waals surface area contributed by atoms with E-state index in [0.717, 1.165) is 18.5 Å². The Morgan fingerprint density at radius 1 is 1.12 bits per heavy atom. The highest BCUT2D eigenvalue weighted by Gasteiger charge is 2.33. The molecule has 2 aromatic heterocycles. The van der Waals surface area contributed by atoms with Gasteiger partial charge in [0.1, 0.15) is 5.82 Å². The maximum atomic E-state index is 13.5. The molecule has 2 N–H and O–H groups in total. The summed E-state index contributed by atoms with van der Waals surface area (Å²) in [4.78, 5) is 50.2. The van der Waals surface area contributed by atoms with Crippen LogP contribution in [0, 0.1) is 5.41 Å². The summed E-state index contributed by atoms with van der Waals surface area (Å²) in [7, 11) is 0. The second-order valence-corrected chi connectivity index (χ2v) is 11.6. The molecule has 13 heteroatoms. The molecule has 1 saturated carbocycles. The van der Waals surface area contributed by atoms with Crippen LogP contribution in [0.3, 0.4) is 0 Å². The van der Waals surface area contributed by atoms with Crippen molar-refractivity contribution in [3.05, 3.63) is 40.8 Å². The predicted molar refractivity (Wildman–Crippen MR) is 147 cm³/mol. The van der Waals surface area contributed by atoms with E-state index in [1.807, 2.05) is 13.0 Å². The van der Waals surface area contributed by atoms with E-state index in [9.17, 15) is 14.4 Å². The van der Waals surface area contributed by atoms with Gasteiger partial charge in [-0.1, -0.05) is 11.6 Å². The Kier molecular flexibility index (Phi) is 7.54. The molecule has 5 rings (SSSR count). The van der Waals surface area contributed by atoms with Gasteiger partial charge in [-0.15, -0.1) is 0 Å². The van der Waals surface area contributed by atoms with E-state index in [0.29, 0.717) is 33.5 Å². The molecule has 2 aliphatic rings. The molecule has 212 valence electrons. The maximum absolute atomic E-state index is 13.5. The van der Waals surface area contributed by atoms with Gasteiger partial charge >= 0.3 is 12.1 Å². The zero-order valence-corrected chi connectivity index (χ0v) is 23.6. The smallest absolute Gasteiger partial charge is 0.413 e. The molecule has 40 heavy (non-hydrogen) atoms. The first-order valence-electron chi connectivity index (χ1n) is 13.2. The Balaban J connectivity index is 1.27. The van der Waals surface area contributed by atoms with Crippen LogP contribution in [0.25, 0.3) is 10.9 Å². The molecule has 1 aromatic carbocycles. The van der Waals surface area contributed by atoms with Crippen LogP contribution in [0.15, 0.2) is 24.3 Å². The zero-order valence-electron chi connectivity index (χ0n) is 22.9. The van der Waals surface area contributed by atoms with Crippen molar-refractivity contribution in [3.8, 4) is 0 Å². The number of nitrogens with zero attached hydrogens (tertiary/aromatic N) is 5. The number of halogens is 1. The third-order valence-corrected chi connectivity index (χ3v) is 7.08. The van der Waals surface area contributed by atoms with Gasteiger partial charge in [0.05, 0.1) is 10.9 Å².